The second-order valence-electron chi connectivity index (χ2n) is 9.28. The third-order valence-corrected chi connectivity index (χ3v) is 7.14. The molecule has 3 heterocycles. The Labute approximate surface area is 177 Å². The molecule has 1 aromatic rings. The van der Waals surface area contributed by atoms with E-state index in [1.807, 2.05) is 0 Å². The summed E-state index contributed by atoms with van der Waals surface area (Å²) in [6.07, 6.45) is 7.43. The van der Waals surface area contributed by atoms with E-state index in [9.17, 15) is 4.79 Å². The molecule has 30 heavy (non-hydrogen) atoms. The van der Waals surface area contributed by atoms with Crippen molar-refractivity contribution in [3.05, 3.63) is 18.1 Å². The number of amides is 1. The summed E-state index contributed by atoms with van der Waals surface area (Å²) in [4.78, 5) is 24.8. The fourth-order valence-electron chi connectivity index (χ4n) is 5.06. The van der Waals surface area contributed by atoms with Gasteiger partial charge in [0.2, 0.25) is 0 Å². The van der Waals surface area contributed by atoms with E-state index < -0.39 is 0 Å². The topological polar surface area (TPSA) is 91.9 Å². The van der Waals surface area contributed by atoms with Gasteiger partial charge < -0.3 is 19.3 Å². The van der Waals surface area contributed by atoms with Crippen molar-refractivity contribution in [3.63, 3.8) is 0 Å². The number of nitrogens with one attached hydrogen (secondary N) is 2. The summed E-state index contributed by atoms with van der Waals surface area (Å²) < 4.78 is 11.2. The molecule has 164 valence electrons. The Morgan fingerprint density at radius 1 is 1.17 bits per heavy atom. The van der Waals surface area contributed by atoms with Crippen molar-refractivity contribution in [2.45, 2.75) is 62.8 Å². The maximum absolute atomic E-state index is 11.7. The largest absolute Gasteiger partial charge is 0.453 e. The molecule has 9 heteroatoms. The van der Waals surface area contributed by atoms with Gasteiger partial charge in [0.25, 0.3) is 0 Å². The molecule has 2 saturated carbocycles. The molecular weight excluding hydrogens is 384 g/mol. The molecule has 1 aromatic heterocycles. The smallest absolute Gasteiger partial charge is 0.409 e. The van der Waals surface area contributed by atoms with Crippen LogP contribution in [0.4, 0.5) is 10.6 Å². The number of hydrazine groups is 1. The fraction of sp³-hybridized carbons (Fsp3) is 0.762. The average Bonchev–Trinajstić information content (AvgIpc) is 3.35. The van der Waals surface area contributed by atoms with E-state index in [-0.39, 0.29) is 17.7 Å². The number of hydrogen-bond donors (Lipinski definition) is 2. The van der Waals surface area contributed by atoms with Crippen LogP contribution < -0.4 is 15.8 Å². The van der Waals surface area contributed by atoms with Gasteiger partial charge in [-0.2, -0.15) is 0 Å². The monoisotopic (exact) mass is 416 g/mol. The summed E-state index contributed by atoms with van der Waals surface area (Å²) in [6.45, 7) is 4.98. The van der Waals surface area contributed by atoms with Gasteiger partial charge in [0, 0.05) is 44.2 Å². The number of methoxy groups -OCH3 is 1. The molecule has 0 radical (unpaired) electrons. The van der Waals surface area contributed by atoms with Crippen LogP contribution in [0.3, 0.4) is 0 Å². The Morgan fingerprint density at radius 3 is 2.70 bits per heavy atom. The van der Waals surface area contributed by atoms with E-state index in [1.165, 1.54) is 20.0 Å². The van der Waals surface area contributed by atoms with E-state index in [4.69, 9.17) is 9.47 Å². The van der Waals surface area contributed by atoms with E-state index in [2.05, 4.69) is 38.7 Å². The number of carbonyl (C=O) groups is 1. The van der Waals surface area contributed by atoms with Gasteiger partial charge in [-0.1, -0.05) is 0 Å². The van der Waals surface area contributed by atoms with Crippen molar-refractivity contribution in [3.8, 4) is 0 Å². The van der Waals surface area contributed by atoms with Crippen molar-refractivity contribution in [2.24, 2.45) is 5.92 Å². The van der Waals surface area contributed by atoms with Gasteiger partial charge in [0.15, 0.2) is 0 Å². The number of nitrogens with zero attached hydrogens (tertiary/aromatic N) is 4. The van der Waals surface area contributed by atoms with Gasteiger partial charge >= 0.3 is 6.09 Å². The first kappa shape index (κ1) is 20.0. The fourth-order valence-corrected chi connectivity index (χ4v) is 5.06. The van der Waals surface area contributed by atoms with Gasteiger partial charge in [0.05, 0.1) is 30.6 Å². The summed E-state index contributed by atoms with van der Waals surface area (Å²) in [5, 5.41) is 0. The highest BCUT2D eigenvalue weighted by Gasteiger charge is 2.46. The van der Waals surface area contributed by atoms with Crippen molar-refractivity contribution in [2.75, 3.05) is 38.2 Å². The Kier molecular flexibility index (Phi) is 5.28. The third-order valence-electron chi connectivity index (χ3n) is 7.14. The van der Waals surface area contributed by atoms with Crippen LogP contribution in [0, 0.1) is 5.92 Å². The SMILES string of the molecule is COC(=O)N1CCN(c2cc(C3NNC4CCC(OC5(C)CC5)CC43)ncn2)CC1. The van der Waals surface area contributed by atoms with Gasteiger partial charge in [-0.25, -0.2) is 20.2 Å². The lowest BCUT2D eigenvalue weighted by atomic mass is 9.79. The first-order chi connectivity index (χ1) is 14.5. The van der Waals surface area contributed by atoms with Gasteiger partial charge in [0.1, 0.15) is 12.1 Å². The molecule has 0 spiro atoms. The van der Waals surface area contributed by atoms with E-state index >= 15 is 0 Å². The highest BCUT2D eigenvalue weighted by molar-refractivity contribution is 5.67. The lowest BCUT2D eigenvalue weighted by molar-refractivity contribution is -0.0500. The minimum Gasteiger partial charge on any atom is -0.453 e. The van der Waals surface area contributed by atoms with Gasteiger partial charge in [-0.3, -0.25) is 5.43 Å². The molecule has 4 fully saturated rings. The molecule has 4 atom stereocenters. The Balaban J connectivity index is 1.25. The standard InChI is InChI=1S/C21H32N6O3/c1-21(5-6-21)30-14-3-4-16-15(11-14)19(25-24-16)17-12-18(23-13-22-17)26-7-9-27(10-8-26)20(28)29-2/h12-16,19,24-25H,3-11H2,1-2H3. The third kappa shape index (κ3) is 3.98. The molecule has 4 aliphatic rings. The zero-order valence-corrected chi connectivity index (χ0v) is 17.8. The first-order valence-corrected chi connectivity index (χ1v) is 11.1. The van der Waals surface area contributed by atoms with Crippen LogP contribution in [0.2, 0.25) is 0 Å². The highest BCUT2D eigenvalue weighted by Crippen LogP contribution is 2.45. The Bertz CT molecular complexity index is 780. The van der Waals surface area contributed by atoms with Crippen LogP contribution in [-0.4, -0.2) is 72.0 Å². The van der Waals surface area contributed by atoms with E-state index in [0.717, 1.165) is 43.9 Å². The molecule has 2 aliphatic heterocycles. The molecule has 4 unspecified atom stereocenters. The lowest BCUT2D eigenvalue weighted by Crippen LogP contribution is -2.49. The zero-order chi connectivity index (χ0) is 20.7. The number of carbonyl (C=O) groups excluding carboxylic acids is 1. The van der Waals surface area contributed by atoms with Crippen LogP contribution in [0.25, 0.3) is 0 Å². The number of aromatic nitrogens is 2. The summed E-state index contributed by atoms with van der Waals surface area (Å²) in [7, 11) is 1.42. The van der Waals surface area contributed by atoms with Crippen molar-refractivity contribution >= 4 is 11.9 Å². The summed E-state index contributed by atoms with van der Waals surface area (Å²) in [6, 6.07) is 2.72. The molecule has 2 saturated heterocycles. The quantitative estimate of drug-likeness (QED) is 0.765. The highest BCUT2D eigenvalue weighted by atomic mass is 16.5. The minimum absolute atomic E-state index is 0.126. The van der Waals surface area contributed by atoms with E-state index in [0.29, 0.717) is 31.2 Å². The summed E-state index contributed by atoms with van der Waals surface area (Å²) in [5.74, 6) is 1.38. The van der Waals surface area contributed by atoms with Gasteiger partial charge in [-0.15, -0.1) is 0 Å². The van der Waals surface area contributed by atoms with Gasteiger partial charge in [-0.05, 0) is 39.0 Å². The van der Waals surface area contributed by atoms with Crippen LogP contribution in [0.15, 0.2) is 12.4 Å². The molecule has 2 aliphatic carbocycles. The lowest BCUT2D eigenvalue weighted by Gasteiger charge is -2.35. The molecular formula is C21H32N6O3. The predicted octanol–water partition coefficient (Wildman–Crippen LogP) is 1.62. The molecule has 9 nitrogen and oxygen atoms in total. The maximum atomic E-state index is 11.7. The zero-order valence-electron chi connectivity index (χ0n) is 17.8. The molecule has 2 N–H and O–H groups in total. The first-order valence-electron chi connectivity index (χ1n) is 11.1. The Hall–Kier alpha value is -1.97. The summed E-state index contributed by atoms with van der Waals surface area (Å²) in [5.41, 5.74) is 8.13. The molecule has 5 rings (SSSR count). The summed E-state index contributed by atoms with van der Waals surface area (Å²) >= 11 is 0. The average molecular weight is 417 g/mol. The van der Waals surface area contributed by atoms with Crippen LogP contribution in [0.1, 0.15) is 50.8 Å². The van der Waals surface area contributed by atoms with Crippen molar-refractivity contribution < 1.29 is 14.3 Å². The number of hydrogen-bond acceptors (Lipinski definition) is 8. The minimum atomic E-state index is -0.264. The number of rotatable bonds is 4. The predicted molar refractivity (Wildman–Crippen MR) is 111 cm³/mol. The number of fused-ring (bicyclic) bond motifs is 1. The number of piperazine rings is 1. The van der Waals surface area contributed by atoms with Crippen LogP contribution >= 0.6 is 0 Å². The maximum Gasteiger partial charge on any atom is 0.409 e. The Morgan fingerprint density at radius 2 is 1.97 bits per heavy atom. The van der Waals surface area contributed by atoms with Crippen LogP contribution in [0.5, 0.6) is 0 Å². The second kappa shape index (κ2) is 7.94. The van der Waals surface area contributed by atoms with Crippen molar-refractivity contribution in [1.29, 1.82) is 0 Å². The second-order valence-corrected chi connectivity index (χ2v) is 9.28. The molecule has 0 bridgehead atoms. The van der Waals surface area contributed by atoms with Crippen molar-refractivity contribution in [1.82, 2.24) is 25.7 Å². The molecule has 0 aromatic carbocycles. The number of ether oxygens (including phenoxy) is 2. The number of anilines is 1. The molecule has 1 amide bonds. The van der Waals surface area contributed by atoms with E-state index in [1.54, 1.807) is 11.2 Å². The normalized spacial score (nSPS) is 32.6. The van der Waals surface area contributed by atoms with Crippen LogP contribution in [-0.2, 0) is 9.47 Å².